The minimum absolute atomic E-state index is 0.300. The number of thioether (sulfide) groups is 1. The number of rotatable bonds is 5. The molecule has 0 radical (unpaired) electrons. The second kappa shape index (κ2) is 6.46. The van der Waals surface area contributed by atoms with E-state index in [1.807, 2.05) is 11.8 Å². The maximum atomic E-state index is 10.1. The Balaban J connectivity index is 1.83. The fourth-order valence-corrected chi connectivity index (χ4v) is 3.67. The highest BCUT2D eigenvalue weighted by molar-refractivity contribution is 7.99. The van der Waals surface area contributed by atoms with Crippen LogP contribution in [0.15, 0.2) is 24.3 Å². The molecule has 1 aromatic rings. The minimum atomic E-state index is -0.300. The molecular formula is C15H22OS. The lowest BCUT2D eigenvalue weighted by molar-refractivity contribution is 0.204. The van der Waals surface area contributed by atoms with Crippen LogP contribution in [0.4, 0.5) is 0 Å². The third kappa shape index (κ3) is 3.75. The van der Waals surface area contributed by atoms with Crippen LogP contribution in [-0.4, -0.2) is 16.1 Å². The second-order valence-electron chi connectivity index (χ2n) is 4.85. The molecule has 1 fully saturated rings. The standard InChI is InChI=1S/C15H22OS/c1-2-12-7-9-13(10-8-12)15(16)11-17-14-5-3-4-6-14/h7-10,14-16H,2-6,11H2,1H3. The lowest BCUT2D eigenvalue weighted by Crippen LogP contribution is -2.05. The third-order valence-corrected chi connectivity index (χ3v) is 5.02. The fourth-order valence-electron chi connectivity index (χ4n) is 2.35. The Bertz CT molecular complexity index is 327. The normalized spacial score (nSPS) is 18.5. The summed E-state index contributed by atoms with van der Waals surface area (Å²) in [6.07, 6.45) is 6.19. The van der Waals surface area contributed by atoms with Crippen molar-refractivity contribution in [2.75, 3.05) is 5.75 Å². The van der Waals surface area contributed by atoms with Gasteiger partial charge in [0.1, 0.15) is 0 Å². The van der Waals surface area contributed by atoms with Crippen LogP contribution in [0.5, 0.6) is 0 Å². The molecule has 1 nitrogen and oxygen atoms in total. The number of benzene rings is 1. The zero-order valence-corrected chi connectivity index (χ0v) is 11.4. The first-order valence-electron chi connectivity index (χ1n) is 6.68. The molecule has 1 N–H and O–H groups in total. The van der Waals surface area contributed by atoms with E-state index in [2.05, 4.69) is 31.2 Å². The van der Waals surface area contributed by atoms with Crippen LogP contribution in [0.1, 0.15) is 49.8 Å². The topological polar surface area (TPSA) is 20.2 Å². The predicted octanol–water partition coefficient (Wildman–Crippen LogP) is 3.96. The molecule has 0 amide bonds. The molecule has 17 heavy (non-hydrogen) atoms. The van der Waals surface area contributed by atoms with Gasteiger partial charge < -0.3 is 5.11 Å². The minimum Gasteiger partial charge on any atom is -0.388 e. The van der Waals surface area contributed by atoms with E-state index in [1.54, 1.807) is 0 Å². The monoisotopic (exact) mass is 250 g/mol. The number of aliphatic hydroxyl groups excluding tert-OH is 1. The average Bonchev–Trinajstić information content (AvgIpc) is 2.89. The molecule has 1 saturated carbocycles. The van der Waals surface area contributed by atoms with Gasteiger partial charge in [0.25, 0.3) is 0 Å². The molecular weight excluding hydrogens is 228 g/mol. The molecule has 0 heterocycles. The highest BCUT2D eigenvalue weighted by Gasteiger charge is 2.17. The van der Waals surface area contributed by atoms with Gasteiger partial charge in [0, 0.05) is 11.0 Å². The first kappa shape index (κ1) is 13.0. The van der Waals surface area contributed by atoms with E-state index in [0.717, 1.165) is 23.0 Å². The maximum Gasteiger partial charge on any atom is 0.0880 e. The summed E-state index contributed by atoms with van der Waals surface area (Å²) in [4.78, 5) is 0. The first-order chi connectivity index (χ1) is 8.29. The number of hydrogen-bond acceptors (Lipinski definition) is 2. The predicted molar refractivity (Wildman–Crippen MR) is 75.5 cm³/mol. The van der Waals surface area contributed by atoms with E-state index < -0.39 is 0 Å². The Morgan fingerprint density at radius 1 is 1.24 bits per heavy atom. The summed E-state index contributed by atoms with van der Waals surface area (Å²) in [5.74, 6) is 0.843. The van der Waals surface area contributed by atoms with Crippen molar-refractivity contribution >= 4 is 11.8 Å². The van der Waals surface area contributed by atoms with Gasteiger partial charge in [0.2, 0.25) is 0 Å². The molecule has 1 aliphatic rings. The summed E-state index contributed by atoms with van der Waals surface area (Å²) in [6, 6.07) is 8.38. The van der Waals surface area contributed by atoms with Crippen LogP contribution in [0.3, 0.4) is 0 Å². The SMILES string of the molecule is CCc1ccc(C(O)CSC2CCCC2)cc1. The van der Waals surface area contributed by atoms with Crippen molar-refractivity contribution in [2.45, 2.75) is 50.4 Å². The zero-order chi connectivity index (χ0) is 12.1. The molecule has 0 spiro atoms. The average molecular weight is 250 g/mol. The van der Waals surface area contributed by atoms with Gasteiger partial charge in [0.15, 0.2) is 0 Å². The van der Waals surface area contributed by atoms with Crippen molar-refractivity contribution in [2.24, 2.45) is 0 Å². The number of aryl methyl sites for hydroxylation is 1. The van der Waals surface area contributed by atoms with Crippen molar-refractivity contribution in [1.29, 1.82) is 0 Å². The highest BCUT2D eigenvalue weighted by atomic mass is 32.2. The van der Waals surface area contributed by atoms with Crippen molar-refractivity contribution in [3.8, 4) is 0 Å². The van der Waals surface area contributed by atoms with Crippen LogP contribution >= 0.6 is 11.8 Å². The van der Waals surface area contributed by atoms with Gasteiger partial charge in [-0.2, -0.15) is 11.8 Å². The van der Waals surface area contributed by atoms with Gasteiger partial charge in [-0.3, -0.25) is 0 Å². The van der Waals surface area contributed by atoms with Crippen molar-refractivity contribution in [3.05, 3.63) is 35.4 Å². The molecule has 0 aliphatic heterocycles. The Kier molecular flexibility index (Phi) is 4.93. The summed E-state index contributed by atoms with van der Waals surface area (Å²) in [5.41, 5.74) is 2.40. The van der Waals surface area contributed by atoms with Crippen LogP contribution in [-0.2, 0) is 6.42 Å². The van der Waals surface area contributed by atoms with E-state index in [0.29, 0.717) is 0 Å². The summed E-state index contributed by atoms with van der Waals surface area (Å²) in [7, 11) is 0. The molecule has 0 saturated heterocycles. The molecule has 94 valence electrons. The number of hydrogen-bond donors (Lipinski definition) is 1. The Morgan fingerprint density at radius 3 is 2.47 bits per heavy atom. The Labute approximate surface area is 109 Å². The number of aliphatic hydroxyl groups is 1. The smallest absolute Gasteiger partial charge is 0.0880 e. The molecule has 1 unspecified atom stereocenters. The zero-order valence-electron chi connectivity index (χ0n) is 10.6. The lowest BCUT2D eigenvalue weighted by Gasteiger charge is -2.14. The first-order valence-corrected chi connectivity index (χ1v) is 7.73. The molecule has 0 aromatic heterocycles. The molecule has 0 bridgehead atoms. The summed E-state index contributed by atoms with van der Waals surface area (Å²) >= 11 is 1.95. The van der Waals surface area contributed by atoms with Gasteiger partial charge in [-0.1, -0.05) is 44.0 Å². The maximum absolute atomic E-state index is 10.1. The molecule has 1 aliphatic carbocycles. The molecule has 2 heteroatoms. The van der Waals surface area contributed by atoms with Crippen molar-refractivity contribution in [3.63, 3.8) is 0 Å². The summed E-state index contributed by atoms with van der Waals surface area (Å²) < 4.78 is 0. The highest BCUT2D eigenvalue weighted by Crippen LogP contribution is 2.32. The fraction of sp³-hybridized carbons (Fsp3) is 0.600. The summed E-state index contributed by atoms with van der Waals surface area (Å²) in [6.45, 7) is 2.15. The van der Waals surface area contributed by atoms with Gasteiger partial charge in [0.05, 0.1) is 6.10 Å². The van der Waals surface area contributed by atoms with Crippen molar-refractivity contribution < 1.29 is 5.11 Å². The van der Waals surface area contributed by atoms with Crippen LogP contribution in [0, 0.1) is 0 Å². The summed E-state index contributed by atoms with van der Waals surface area (Å²) in [5, 5.41) is 10.9. The van der Waals surface area contributed by atoms with Gasteiger partial charge in [-0.25, -0.2) is 0 Å². The van der Waals surface area contributed by atoms with Crippen LogP contribution in [0.25, 0.3) is 0 Å². The quantitative estimate of drug-likeness (QED) is 0.853. The van der Waals surface area contributed by atoms with Crippen LogP contribution < -0.4 is 0 Å². The van der Waals surface area contributed by atoms with E-state index in [4.69, 9.17) is 0 Å². The van der Waals surface area contributed by atoms with Crippen LogP contribution in [0.2, 0.25) is 0 Å². The molecule has 1 aromatic carbocycles. The molecule has 2 rings (SSSR count). The van der Waals surface area contributed by atoms with Gasteiger partial charge >= 0.3 is 0 Å². The largest absolute Gasteiger partial charge is 0.388 e. The lowest BCUT2D eigenvalue weighted by atomic mass is 10.1. The van der Waals surface area contributed by atoms with Gasteiger partial charge in [-0.05, 0) is 30.4 Å². The Morgan fingerprint density at radius 2 is 1.88 bits per heavy atom. The molecule has 1 atom stereocenters. The second-order valence-corrected chi connectivity index (χ2v) is 6.18. The van der Waals surface area contributed by atoms with E-state index >= 15 is 0 Å². The van der Waals surface area contributed by atoms with E-state index in [-0.39, 0.29) is 6.10 Å². The van der Waals surface area contributed by atoms with E-state index in [1.165, 1.54) is 31.2 Å². The third-order valence-electron chi connectivity index (χ3n) is 3.56. The van der Waals surface area contributed by atoms with Gasteiger partial charge in [-0.15, -0.1) is 0 Å². The van der Waals surface area contributed by atoms with Crippen molar-refractivity contribution in [1.82, 2.24) is 0 Å². The van der Waals surface area contributed by atoms with E-state index in [9.17, 15) is 5.11 Å². The Hall–Kier alpha value is -0.470.